The summed E-state index contributed by atoms with van der Waals surface area (Å²) in [7, 11) is 0. The van der Waals surface area contributed by atoms with Crippen molar-refractivity contribution in [1.29, 1.82) is 0 Å². The van der Waals surface area contributed by atoms with Gasteiger partial charge >= 0.3 is 0 Å². The van der Waals surface area contributed by atoms with Gasteiger partial charge in [0.25, 0.3) is 0 Å². The summed E-state index contributed by atoms with van der Waals surface area (Å²) >= 11 is 1.66. The smallest absolute Gasteiger partial charge is 0.190 e. The Morgan fingerprint density at radius 1 is 1.50 bits per heavy atom. The van der Waals surface area contributed by atoms with E-state index in [4.69, 9.17) is 0 Å². The summed E-state index contributed by atoms with van der Waals surface area (Å²) in [5.74, 6) is 1.07. The van der Waals surface area contributed by atoms with E-state index in [9.17, 15) is 0 Å². The number of aromatic nitrogens is 3. The Labute approximate surface area is 75.8 Å². The highest BCUT2D eigenvalue weighted by Crippen LogP contribution is 2.15. The maximum Gasteiger partial charge on any atom is 0.190 e. The molecule has 2 heterocycles. The third kappa shape index (κ3) is 1.34. The van der Waals surface area contributed by atoms with Crippen LogP contribution in [0.25, 0.3) is 0 Å². The largest absolute Gasteiger partial charge is 0.310 e. The predicted molar refractivity (Wildman–Crippen MR) is 48.1 cm³/mol. The van der Waals surface area contributed by atoms with Crippen LogP contribution in [-0.2, 0) is 13.1 Å². The van der Waals surface area contributed by atoms with Crippen molar-refractivity contribution >= 4 is 11.8 Å². The summed E-state index contributed by atoms with van der Waals surface area (Å²) in [6.07, 6.45) is 3.20. The van der Waals surface area contributed by atoms with Gasteiger partial charge in [0.15, 0.2) is 5.16 Å². The van der Waals surface area contributed by atoms with Crippen LogP contribution < -0.4 is 5.32 Å². The zero-order valence-corrected chi connectivity index (χ0v) is 7.89. The van der Waals surface area contributed by atoms with Crippen LogP contribution in [0.3, 0.4) is 0 Å². The zero-order chi connectivity index (χ0) is 8.39. The van der Waals surface area contributed by atoms with Gasteiger partial charge in [-0.25, -0.2) is 0 Å². The summed E-state index contributed by atoms with van der Waals surface area (Å²) < 4.78 is 2.20. The van der Waals surface area contributed by atoms with Gasteiger partial charge in [-0.15, -0.1) is 10.2 Å². The van der Waals surface area contributed by atoms with E-state index in [2.05, 4.69) is 20.1 Å². The van der Waals surface area contributed by atoms with Crippen LogP contribution in [0.15, 0.2) is 5.16 Å². The Morgan fingerprint density at radius 2 is 2.42 bits per heavy atom. The van der Waals surface area contributed by atoms with Crippen molar-refractivity contribution in [2.24, 2.45) is 0 Å². The molecule has 0 radical (unpaired) electrons. The highest BCUT2D eigenvalue weighted by atomic mass is 32.2. The Kier molecular flexibility index (Phi) is 2.32. The molecule has 1 aliphatic heterocycles. The molecule has 1 aromatic rings. The molecule has 1 aliphatic rings. The molecule has 0 saturated heterocycles. The number of rotatable bonds is 1. The lowest BCUT2D eigenvalue weighted by atomic mass is 10.4. The van der Waals surface area contributed by atoms with Crippen LogP contribution in [0.5, 0.6) is 0 Å². The molecule has 0 aliphatic carbocycles. The molecular formula is C7H12N4S. The maximum absolute atomic E-state index is 4.12. The van der Waals surface area contributed by atoms with Gasteiger partial charge in [-0.3, -0.25) is 0 Å². The minimum absolute atomic E-state index is 0.855. The number of hydrogen-bond acceptors (Lipinski definition) is 4. The maximum atomic E-state index is 4.12. The topological polar surface area (TPSA) is 42.7 Å². The Hall–Kier alpha value is -0.550. The molecule has 0 amide bonds. The van der Waals surface area contributed by atoms with Gasteiger partial charge in [-0.2, -0.15) is 0 Å². The minimum Gasteiger partial charge on any atom is -0.310 e. The fraction of sp³-hybridized carbons (Fsp3) is 0.714. The van der Waals surface area contributed by atoms with Crippen LogP contribution in [-0.4, -0.2) is 27.6 Å². The third-order valence-electron chi connectivity index (χ3n) is 1.99. The SMILES string of the molecule is CSc1nnc2n1CCCNC2. The van der Waals surface area contributed by atoms with E-state index >= 15 is 0 Å². The molecule has 1 aromatic heterocycles. The lowest BCUT2D eigenvalue weighted by Crippen LogP contribution is -2.12. The molecule has 4 nitrogen and oxygen atoms in total. The van der Waals surface area contributed by atoms with E-state index < -0.39 is 0 Å². The first-order chi connectivity index (χ1) is 5.92. The number of fused-ring (bicyclic) bond motifs is 1. The molecule has 66 valence electrons. The van der Waals surface area contributed by atoms with Crippen LogP contribution >= 0.6 is 11.8 Å². The highest BCUT2D eigenvalue weighted by molar-refractivity contribution is 7.98. The molecule has 1 N–H and O–H groups in total. The normalized spacial score (nSPS) is 17.1. The first-order valence-corrected chi connectivity index (χ1v) is 5.31. The lowest BCUT2D eigenvalue weighted by Gasteiger charge is -2.02. The van der Waals surface area contributed by atoms with Crippen molar-refractivity contribution in [3.05, 3.63) is 5.82 Å². The predicted octanol–water partition coefficient (Wildman–Crippen LogP) is 0.493. The highest BCUT2D eigenvalue weighted by Gasteiger charge is 2.12. The van der Waals surface area contributed by atoms with E-state index in [1.54, 1.807) is 11.8 Å². The van der Waals surface area contributed by atoms with Crippen molar-refractivity contribution in [2.45, 2.75) is 24.7 Å². The summed E-state index contributed by atoms with van der Waals surface area (Å²) in [4.78, 5) is 0. The van der Waals surface area contributed by atoms with Crippen molar-refractivity contribution in [3.8, 4) is 0 Å². The van der Waals surface area contributed by atoms with E-state index in [-0.39, 0.29) is 0 Å². The van der Waals surface area contributed by atoms with E-state index in [1.807, 2.05) is 6.26 Å². The Bertz CT molecular complexity index is 270. The number of nitrogens with zero attached hydrogens (tertiary/aromatic N) is 3. The quantitative estimate of drug-likeness (QED) is 0.645. The van der Waals surface area contributed by atoms with Crippen molar-refractivity contribution in [3.63, 3.8) is 0 Å². The van der Waals surface area contributed by atoms with E-state index in [0.29, 0.717) is 0 Å². The summed E-state index contributed by atoms with van der Waals surface area (Å²) in [6, 6.07) is 0. The van der Waals surface area contributed by atoms with Crippen LogP contribution in [0.4, 0.5) is 0 Å². The molecule has 0 bridgehead atoms. The molecule has 0 aromatic carbocycles. The fourth-order valence-corrected chi connectivity index (χ4v) is 1.93. The van der Waals surface area contributed by atoms with Crippen LogP contribution in [0.2, 0.25) is 0 Å². The van der Waals surface area contributed by atoms with Crippen molar-refractivity contribution in [2.75, 3.05) is 12.8 Å². The second-order valence-corrected chi connectivity index (χ2v) is 3.56. The Balaban J connectivity index is 2.32. The number of hydrogen-bond donors (Lipinski definition) is 1. The monoisotopic (exact) mass is 184 g/mol. The molecule has 2 rings (SSSR count). The van der Waals surface area contributed by atoms with Gasteiger partial charge in [0, 0.05) is 6.54 Å². The molecule has 0 fully saturated rings. The molecule has 12 heavy (non-hydrogen) atoms. The number of thioether (sulfide) groups is 1. The average Bonchev–Trinajstić information content (AvgIpc) is 2.33. The van der Waals surface area contributed by atoms with Gasteiger partial charge in [0.2, 0.25) is 0 Å². The standard InChI is InChI=1S/C7H12N4S/c1-12-7-10-9-6-5-8-3-2-4-11(6)7/h8H,2-5H2,1H3. The minimum atomic E-state index is 0.855. The van der Waals surface area contributed by atoms with Gasteiger partial charge in [0.1, 0.15) is 5.82 Å². The van der Waals surface area contributed by atoms with E-state index in [1.165, 1.54) is 6.42 Å². The van der Waals surface area contributed by atoms with E-state index in [0.717, 1.165) is 30.6 Å². The summed E-state index contributed by atoms with van der Waals surface area (Å²) in [6.45, 7) is 2.98. The van der Waals surface area contributed by atoms with Crippen LogP contribution in [0, 0.1) is 0 Å². The average molecular weight is 184 g/mol. The van der Waals surface area contributed by atoms with Gasteiger partial charge in [-0.05, 0) is 19.2 Å². The lowest BCUT2D eigenvalue weighted by molar-refractivity contribution is 0.602. The summed E-state index contributed by atoms with van der Waals surface area (Å²) in [5.41, 5.74) is 0. The molecule has 0 unspecified atom stereocenters. The van der Waals surface area contributed by atoms with Gasteiger partial charge in [-0.1, -0.05) is 11.8 Å². The fourth-order valence-electron chi connectivity index (χ4n) is 1.39. The van der Waals surface area contributed by atoms with Crippen LogP contribution in [0.1, 0.15) is 12.2 Å². The third-order valence-corrected chi connectivity index (χ3v) is 2.66. The second-order valence-electron chi connectivity index (χ2n) is 2.78. The first kappa shape index (κ1) is 8.07. The molecule has 5 heteroatoms. The van der Waals surface area contributed by atoms with Crippen molar-refractivity contribution < 1.29 is 0 Å². The second kappa shape index (κ2) is 3.45. The number of nitrogens with one attached hydrogen (secondary N) is 1. The first-order valence-electron chi connectivity index (χ1n) is 4.08. The molecule has 0 atom stereocenters. The summed E-state index contributed by atoms with van der Waals surface area (Å²) in [5, 5.41) is 12.6. The van der Waals surface area contributed by atoms with Gasteiger partial charge < -0.3 is 9.88 Å². The molecular weight excluding hydrogens is 172 g/mol. The van der Waals surface area contributed by atoms with Gasteiger partial charge in [0.05, 0.1) is 6.54 Å². The Morgan fingerprint density at radius 3 is 3.25 bits per heavy atom. The molecule has 0 saturated carbocycles. The zero-order valence-electron chi connectivity index (χ0n) is 7.08. The molecule has 0 spiro atoms. The van der Waals surface area contributed by atoms with Crippen molar-refractivity contribution in [1.82, 2.24) is 20.1 Å².